The number of quaternary nitrogens is 1. The highest BCUT2D eigenvalue weighted by atomic mass is 15.6. The Balaban J connectivity index is 4.40. The second-order valence-corrected chi connectivity index (χ2v) is 5.37. The fraction of sp³-hybridized carbons (Fsp3) is 1.00. The van der Waals surface area contributed by atoms with Crippen LogP contribution in [0.25, 0.3) is 0 Å². The van der Waals surface area contributed by atoms with Crippen LogP contribution < -0.4 is 5.01 Å². The van der Waals surface area contributed by atoms with Gasteiger partial charge >= 0.3 is 0 Å². The molecular formula is C14H33N2+. The lowest BCUT2D eigenvalue weighted by Crippen LogP contribution is -3.19. The zero-order chi connectivity index (χ0) is 12.6. The number of unbranched alkanes of at least 4 members (excludes halogenated alkanes) is 2. The van der Waals surface area contributed by atoms with Crippen LogP contribution in [-0.4, -0.2) is 30.2 Å². The summed E-state index contributed by atoms with van der Waals surface area (Å²) in [6.07, 6.45) is 5.29. The zero-order valence-electron chi connectivity index (χ0n) is 12.3. The van der Waals surface area contributed by atoms with Crippen molar-refractivity contribution in [1.29, 1.82) is 0 Å². The Morgan fingerprint density at radius 3 is 1.44 bits per heavy atom. The lowest BCUT2D eigenvalue weighted by Gasteiger charge is -2.37. The third kappa shape index (κ3) is 5.86. The topological polar surface area (TPSA) is 7.68 Å². The molecule has 0 aliphatic heterocycles. The van der Waals surface area contributed by atoms with Crippen molar-refractivity contribution in [2.45, 2.75) is 79.3 Å². The number of hydrogen-bond acceptors (Lipinski definition) is 1. The molecule has 98 valence electrons. The Bertz CT molecular complexity index is 139. The molecule has 0 atom stereocenters. The molecule has 0 aliphatic carbocycles. The molecule has 0 saturated carbocycles. The van der Waals surface area contributed by atoms with Crippen LogP contribution in [0.5, 0.6) is 0 Å². The summed E-state index contributed by atoms with van der Waals surface area (Å²) in [5.41, 5.74) is 0. The molecule has 1 N–H and O–H groups in total. The van der Waals surface area contributed by atoms with Crippen molar-refractivity contribution >= 4 is 0 Å². The summed E-state index contributed by atoms with van der Waals surface area (Å²) in [4.78, 5) is 0. The minimum Gasteiger partial charge on any atom is -0.254 e. The Kier molecular flexibility index (Phi) is 8.96. The van der Waals surface area contributed by atoms with Crippen LogP contribution in [-0.2, 0) is 0 Å². The molecule has 0 unspecified atom stereocenters. The van der Waals surface area contributed by atoms with E-state index >= 15 is 0 Å². The Labute approximate surface area is 103 Å². The number of rotatable bonds is 9. The monoisotopic (exact) mass is 229 g/mol. The van der Waals surface area contributed by atoms with Gasteiger partial charge in [-0.25, -0.2) is 0 Å². The van der Waals surface area contributed by atoms with Crippen molar-refractivity contribution in [3.63, 3.8) is 0 Å². The van der Waals surface area contributed by atoms with Gasteiger partial charge in [0, 0.05) is 0 Å². The maximum Gasteiger partial charge on any atom is 0.0947 e. The third-order valence-electron chi connectivity index (χ3n) is 3.12. The van der Waals surface area contributed by atoms with Gasteiger partial charge in [-0.15, -0.1) is 0 Å². The smallest absolute Gasteiger partial charge is 0.0947 e. The summed E-state index contributed by atoms with van der Waals surface area (Å²) in [5, 5.41) is 4.32. The van der Waals surface area contributed by atoms with E-state index in [1.54, 1.807) is 5.01 Å². The van der Waals surface area contributed by atoms with E-state index in [1.165, 1.54) is 38.8 Å². The summed E-state index contributed by atoms with van der Waals surface area (Å²) < 4.78 is 0. The van der Waals surface area contributed by atoms with Gasteiger partial charge < -0.3 is 0 Å². The lowest BCUT2D eigenvalue weighted by atomic mass is 10.2. The standard InChI is InChI=1S/C14H32N2/c1-7-9-11-15(12-10-8-2)16(13(3)4)14(5)6/h13-14H,7-12H2,1-6H3/p+1. The van der Waals surface area contributed by atoms with Gasteiger partial charge in [0.1, 0.15) is 0 Å². The number of nitrogens with zero attached hydrogens (tertiary/aromatic N) is 1. The van der Waals surface area contributed by atoms with Crippen LogP contribution in [0.1, 0.15) is 67.2 Å². The second kappa shape index (κ2) is 9.00. The van der Waals surface area contributed by atoms with Gasteiger partial charge in [0.05, 0.1) is 25.2 Å². The highest BCUT2D eigenvalue weighted by Crippen LogP contribution is 1.98. The molecule has 0 fully saturated rings. The molecule has 0 heterocycles. The molecule has 0 radical (unpaired) electrons. The van der Waals surface area contributed by atoms with Crippen molar-refractivity contribution in [3.05, 3.63) is 0 Å². The zero-order valence-corrected chi connectivity index (χ0v) is 12.3. The molecule has 2 nitrogen and oxygen atoms in total. The van der Waals surface area contributed by atoms with Gasteiger partial charge in [-0.1, -0.05) is 26.7 Å². The Morgan fingerprint density at radius 2 is 1.19 bits per heavy atom. The van der Waals surface area contributed by atoms with E-state index in [4.69, 9.17) is 0 Å². The van der Waals surface area contributed by atoms with Crippen LogP contribution in [0.4, 0.5) is 0 Å². The predicted octanol–water partition coefficient (Wildman–Crippen LogP) is 2.51. The van der Waals surface area contributed by atoms with Crippen molar-refractivity contribution in [3.8, 4) is 0 Å². The summed E-state index contributed by atoms with van der Waals surface area (Å²) in [6.45, 7) is 16.4. The summed E-state index contributed by atoms with van der Waals surface area (Å²) >= 11 is 0. The van der Waals surface area contributed by atoms with Gasteiger partial charge in [0.2, 0.25) is 0 Å². The first-order chi connectivity index (χ1) is 7.54. The predicted molar refractivity (Wildman–Crippen MR) is 72.6 cm³/mol. The highest BCUT2D eigenvalue weighted by Gasteiger charge is 2.24. The van der Waals surface area contributed by atoms with Crippen molar-refractivity contribution < 1.29 is 5.01 Å². The van der Waals surface area contributed by atoms with Crippen LogP contribution >= 0.6 is 0 Å². The summed E-state index contributed by atoms with van der Waals surface area (Å²) in [5.74, 6) is 0. The first kappa shape index (κ1) is 15.9. The van der Waals surface area contributed by atoms with Gasteiger partial charge in [-0.2, -0.15) is 5.01 Å². The average molecular weight is 229 g/mol. The number of hydrogen-bond donors (Lipinski definition) is 1. The minimum absolute atomic E-state index is 0.642. The Morgan fingerprint density at radius 1 is 0.812 bits per heavy atom. The van der Waals surface area contributed by atoms with Crippen LogP contribution in [0.15, 0.2) is 0 Å². The maximum absolute atomic E-state index is 2.63. The molecular weight excluding hydrogens is 196 g/mol. The maximum atomic E-state index is 2.63. The van der Waals surface area contributed by atoms with E-state index in [2.05, 4.69) is 46.6 Å². The molecule has 0 saturated heterocycles. The molecule has 2 heteroatoms. The van der Waals surface area contributed by atoms with E-state index in [0.717, 1.165) is 0 Å². The molecule has 0 aromatic heterocycles. The molecule has 0 aromatic carbocycles. The molecule has 0 bridgehead atoms. The minimum atomic E-state index is 0.642. The van der Waals surface area contributed by atoms with Gasteiger partial charge in [0.25, 0.3) is 0 Å². The molecule has 16 heavy (non-hydrogen) atoms. The quantitative estimate of drug-likeness (QED) is 0.597. The van der Waals surface area contributed by atoms with Crippen molar-refractivity contribution in [1.82, 2.24) is 5.01 Å². The fourth-order valence-corrected chi connectivity index (χ4v) is 2.47. The normalized spacial score (nSPS) is 12.4. The largest absolute Gasteiger partial charge is 0.254 e. The fourth-order valence-electron chi connectivity index (χ4n) is 2.47. The van der Waals surface area contributed by atoms with Gasteiger partial charge in [0.15, 0.2) is 0 Å². The van der Waals surface area contributed by atoms with Crippen LogP contribution in [0, 0.1) is 0 Å². The van der Waals surface area contributed by atoms with Crippen molar-refractivity contribution in [2.75, 3.05) is 13.1 Å². The van der Waals surface area contributed by atoms with Crippen LogP contribution in [0.2, 0.25) is 0 Å². The Hall–Kier alpha value is -0.0800. The van der Waals surface area contributed by atoms with Gasteiger partial charge in [-0.05, 0) is 40.5 Å². The SMILES string of the molecule is CCCC[NH+](CCCC)N(C(C)C)C(C)C. The summed E-state index contributed by atoms with van der Waals surface area (Å²) in [7, 11) is 0. The molecule has 0 aliphatic rings. The van der Waals surface area contributed by atoms with E-state index in [9.17, 15) is 0 Å². The molecule has 0 spiro atoms. The van der Waals surface area contributed by atoms with E-state index in [-0.39, 0.29) is 0 Å². The second-order valence-electron chi connectivity index (χ2n) is 5.37. The molecule has 0 amide bonds. The number of nitrogens with one attached hydrogen (secondary N) is 1. The lowest BCUT2D eigenvalue weighted by molar-refractivity contribution is -1.02. The molecule has 0 rings (SSSR count). The van der Waals surface area contributed by atoms with Gasteiger partial charge in [-0.3, -0.25) is 5.01 Å². The van der Waals surface area contributed by atoms with E-state index < -0.39 is 0 Å². The highest BCUT2D eigenvalue weighted by molar-refractivity contribution is 4.56. The first-order valence-electron chi connectivity index (χ1n) is 7.17. The third-order valence-corrected chi connectivity index (χ3v) is 3.12. The van der Waals surface area contributed by atoms with E-state index in [1.807, 2.05) is 0 Å². The molecule has 0 aromatic rings. The first-order valence-corrected chi connectivity index (χ1v) is 7.17. The van der Waals surface area contributed by atoms with E-state index in [0.29, 0.717) is 12.1 Å². The van der Waals surface area contributed by atoms with Crippen LogP contribution in [0.3, 0.4) is 0 Å². The summed E-state index contributed by atoms with van der Waals surface area (Å²) in [6, 6.07) is 1.28. The average Bonchev–Trinajstić information content (AvgIpc) is 2.20. The van der Waals surface area contributed by atoms with Crippen molar-refractivity contribution in [2.24, 2.45) is 0 Å².